The molecular weight excluding hydrogens is 574 g/mol. The first-order valence-electron chi connectivity index (χ1n) is 15.4. The molecule has 1 amide bonds. The molecule has 1 aliphatic carbocycles. The highest BCUT2D eigenvalue weighted by Gasteiger charge is 2.37. The average molecular weight is 620 g/mol. The van der Waals surface area contributed by atoms with Crippen LogP contribution in [0.5, 0.6) is 5.88 Å². The number of carbonyl (C=O) groups is 1. The number of nitrogens with zero attached hydrogens (tertiary/aromatic N) is 4. The molecule has 0 saturated heterocycles. The van der Waals surface area contributed by atoms with Crippen LogP contribution in [0.3, 0.4) is 0 Å². The van der Waals surface area contributed by atoms with Crippen molar-refractivity contribution in [1.82, 2.24) is 19.8 Å². The van der Waals surface area contributed by atoms with Gasteiger partial charge in [0.15, 0.2) is 0 Å². The largest absolute Gasteiger partial charge is 0.475 e. The molecule has 0 unspecified atom stereocenters. The van der Waals surface area contributed by atoms with Crippen LogP contribution < -0.4 is 9.46 Å². The second kappa shape index (κ2) is 12.5. The maximum atomic E-state index is 14.5. The number of aryl methyl sites for hydroxylation is 2. The van der Waals surface area contributed by atoms with Crippen LogP contribution in [0, 0.1) is 19.3 Å². The number of nitrogens with one attached hydrogen (secondary N) is 1. The lowest BCUT2D eigenvalue weighted by Crippen LogP contribution is -2.53. The smallest absolute Gasteiger partial charge is 0.264 e. The summed E-state index contributed by atoms with van der Waals surface area (Å²) in [6, 6.07) is 14.2. The topological polar surface area (TPSA) is 105 Å². The van der Waals surface area contributed by atoms with Gasteiger partial charge in [0.2, 0.25) is 11.8 Å². The molecule has 1 atom stereocenters. The van der Waals surface area contributed by atoms with Crippen molar-refractivity contribution in [2.75, 3.05) is 25.4 Å². The van der Waals surface area contributed by atoms with E-state index in [1.807, 2.05) is 36.9 Å². The van der Waals surface area contributed by atoms with Gasteiger partial charge in [0.05, 0.1) is 16.6 Å². The molecule has 2 aliphatic rings. The van der Waals surface area contributed by atoms with Gasteiger partial charge >= 0.3 is 0 Å². The summed E-state index contributed by atoms with van der Waals surface area (Å²) >= 11 is 0. The summed E-state index contributed by atoms with van der Waals surface area (Å²) in [4.78, 5) is 27.8. The number of fused-ring (bicyclic) bond motifs is 4. The molecule has 3 aromatic rings. The number of aromatic nitrogens is 2. The Hall–Kier alpha value is -3.50. The lowest BCUT2D eigenvalue weighted by atomic mass is 9.84. The van der Waals surface area contributed by atoms with Crippen LogP contribution in [-0.4, -0.2) is 72.9 Å². The molecule has 2 aromatic carbocycles. The summed E-state index contributed by atoms with van der Waals surface area (Å²) in [5.41, 5.74) is 3.70. The van der Waals surface area contributed by atoms with Crippen LogP contribution in [0.2, 0.25) is 0 Å². The Labute approximate surface area is 262 Å². The number of ether oxygens (including phenoxy) is 1. The second-order valence-corrected chi connectivity index (χ2v) is 15.4. The van der Waals surface area contributed by atoms with Crippen LogP contribution >= 0.6 is 0 Å². The van der Waals surface area contributed by atoms with Crippen molar-refractivity contribution in [3.05, 3.63) is 65.2 Å². The number of benzene rings is 2. The summed E-state index contributed by atoms with van der Waals surface area (Å²) in [6.45, 7) is 10.7. The minimum atomic E-state index is -4.11. The monoisotopic (exact) mass is 619 g/mol. The number of carbonyl (C=O) groups excluding carboxylic acids is 1. The number of hydrogen-bond acceptors (Lipinski definition) is 7. The molecule has 2 heterocycles. The van der Waals surface area contributed by atoms with E-state index < -0.39 is 10.0 Å². The Morgan fingerprint density at radius 2 is 1.64 bits per heavy atom. The fourth-order valence-electron chi connectivity index (χ4n) is 6.62. The van der Waals surface area contributed by atoms with E-state index in [-0.39, 0.29) is 46.7 Å². The Morgan fingerprint density at radius 1 is 0.977 bits per heavy atom. The molecule has 1 aromatic heterocycles. The fourth-order valence-corrected chi connectivity index (χ4v) is 7.61. The van der Waals surface area contributed by atoms with E-state index in [2.05, 4.69) is 54.5 Å². The summed E-state index contributed by atoms with van der Waals surface area (Å²) in [6.07, 6.45) is 4.39. The number of sulfonamides is 1. The van der Waals surface area contributed by atoms with Gasteiger partial charge in [-0.05, 0) is 94.8 Å². The maximum absolute atomic E-state index is 14.5. The third-order valence-electron chi connectivity index (χ3n) is 8.75. The Balaban J connectivity index is 1.65. The quantitative estimate of drug-likeness (QED) is 0.378. The zero-order valence-corrected chi connectivity index (χ0v) is 27.7. The highest BCUT2D eigenvalue weighted by Crippen LogP contribution is 2.34. The zero-order chi connectivity index (χ0) is 31.8. The van der Waals surface area contributed by atoms with Gasteiger partial charge < -0.3 is 14.5 Å². The van der Waals surface area contributed by atoms with Crippen molar-refractivity contribution in [2.45, 2.75) is 89.7 Å². The zero-order valence-electron chi connectivity index (χ0n) is 26.9. The number of anilines is 1. The first-order valence-corrected chi connectivity index (χ1v) is 16.9. The van der Waals surface area contributed by atoms with E-state index in [0.717, 1.165) is 42.4 Å². The van der Waals surface area contributed by atoms with Crippen LogP contribution in [0.1, 0.15) is 74.4 Å². The summed E-state index contributed by atoms with van der Waals surface area (Å²) in [5, 5.41) is 0. The minimum Gasteiger partial charge on any atom is -0.475 e. The molecule has 44 heavy (non-hydrogen) atoms. The van der Waals surface area contributed by atoms with E-state index in [4.69, 9.17) is 4.74 Å². The first kappa shape index (κ1) is 31.9. The summed E-state index contributed by atoms with van der Waals surface area (Å²) < 4.78 is 36.2. The molecule has 0 spiro atoms. The van der Waals surface area contributed by atoms with Crippen LogP contribution in [0.25, 0.3) is 11.3 Å². The van der Waals surface area contributed by atoms with Crippen LogP contribution in [0.4, 0.5) is 5.95 Å². The Morgan fingerprint density at radius 3 is 2.27 bits per heavy atom. The van der Waals surface area contributed by atoms with Crippen molar-refractivity contribution in [3.8, 4) is 17.1 Å². The standard InChI is InChI=1S/C34H45N5O4S/c1-22-10-8-11-23(2)31(22)29-19-30-36-33(35-29)37-44(41,42)28-13-9-12-24(18-28)32(40)39(27(21-43-30)20-34(3,4)5)26-16-14-25(15-17-26)38(6)7/h8-13,18-19,25-27H,14-17,20-21H2,1-7H3,(H,35,36,37)/t25?,26?,27-/m1/s1. The fraction of sp³-hybridized carbons (Fsp3) is 0.500. The third kappa shape index (κ3) is 7.07. The lowest BCUT2D eigenvalue weighted by molar-refractivity contribution is 0.0275. The van der Waals surface area contributed by atoms with Gasteiger partial charge in [0.1, 0.15) is 6.61 Å². The van der Waals surface area contributed by atoms with Crippen molar-refractivity contribution in [3.63, 3.8) is 0 Å². The van der Waals surface area contributed by atoms with Crippen LogP contribution in [0.15, 0.2) is 53.4 Å². The molecular formula is C34H45N5O4S. The molecule has 236 valence electrons. The molecule has 1 saturated carbocycles. The molecule has 4 bridgehead atoms. The normalized spacial score (nSPS) is 22.3. The van der Waals surface area contributed by atoms with Gasteiger partial charge in [-0.25, -0.2) is 18.1 Å². The van der Waals surface area contributed by atoms with Crippen molar-refractivity contribution >= 4 is 21.9 Å². The predicted molar refractivity (Wildman–Crippen MR) is 173 cm³/mol. The number of rotatable bonds is 4. The minimum absolute atomic E-state index is 0.00399. The van der Waals surface area contributed by atoms with E-state index in [1.54, 1.807) is 18.2 Å². The van der Waals surface area contributed by atoms with E-state index in [9.17, 15) is 13.2 Å². The molecule has 0 radical (unpaired) electrons. The molecule has 5 rings (SSSR count). The maximum Gasteiger partial charge on any atom is 0.264 e. The molecule has 9 nitrogen and oxygen atoms in total. The Bertz CT molecular complexity index is 1600. The van der Waals surface area contributed by atoms with E-state index in [1.165, 1.54) is 12.1 Å². The van der Waals surface area contributed by atoms with Crippen molar-refractivity contribution < 1.29 is 17.9 Å². The molecule has 1 aliphatic heterocycles. The Kier molecular flexibility index (Phi) is 9.05. The lowest BCUT2D eigenvalue weighted by Gasteiger charge is -2.44. The van der Waals surface area contributed by atoms with Crippen molar-refractivity contribution in [1.29, 1.82) is 0 Å². The van der Waals surface area contributed by atoms with Gasteiger partial charge in [0.25, 0.3) is 15.9 Å². The van der Waals surface area contributed by atoms with E-state index in [0.29, 0.717) is 23.7 Å². The SMILES string of the molecule is Cc1cccc(C)c1-c1cc2nc(n1)NS(=O)(=O)c1cccc(c1)C(=O)N(C1CCC(N(C)C)CC1)[C@H](CC(C)(C)C)CO2. The molecule has 1 N–H and O–H groups in total. The van der Waals surface area contributed by atoms with E-state index >= 15 is 0 Å². The van der Waals surface area contributed by atoms with Crippen molar-refractivity contribution in [2.24, 2.45) is 5.41 Å². The molecule has 1 fully saturated rings. The van der Waals surface area contributed by atoms with Crippen LogP contribution in [-0.2, 0) is 10.0 Å². The second-order valence-electron chi connectivity index (χ2n) is 13.7. The predicted octanol–water partition coefficient (Wildman–Crippen LogP) is 6.07. The highest BCUT2D eigenvalue weighted by molar-refractivity contribution is 7.92. The van der Waals surface area contributed by atoms with Gasteiger partial charge in [-0.15, -0.1) is 0 Å². The first-order chi connectivity index (χ1) is 20.7. The highest BCUT2D eigenvalue weighted by atomic mass is 32.2. The third-order valence-corrected chi connectivity index (χ3v) is 10.1. The van der Waals surface area contributed by atoms with Gasteiger partial charge in [-0.2, -0.15) is 4.98 Å². The average Bonchev–Trinajstić information content (AvgIpc) is 2.95. The van der Waals surface area contributed by atoms with Gasteiger partial charge in [-0.3, -0.25) is 4.79 Å². The summed E-state index contributed by atoms with van der Waals surface area (Å²) in [5.74, 6) is -0.00670. The van der Waals surface area contributed by atoms with Gasteiger partial charge in [0, 0.05) is 29.3 Å². The number of hydrogen-bond donors (Lipinski definition) is 1. The molecule has 10 heteroatoms. The number of amides is 1. The van der Waals surface area contributed by atoms with Gasteiger partial charge in [-0.1, -0.05) is 45.0 Å². The summed E-state index contributed by atoms with van der Waals surface area (Å²) in [7, 11) is 0.101.